The van der Waals surface area contributed by atoms with Crippen molar-refractivity contribution in [1.82, 2.24) is 29.4 Å². The first-order chi connectivity index (χ1) is 9.99. The van der Waals surface area contributed by atoms with E-state index in [0.717, 1.165) is 6.20 Å². The van der Waals surface area contributed by atoms with Gasteiger partial charge in [-0.1, -0.05) is 0 Å². The molecule has 114 valence electrons. The van der Waals surface area contributed by atoms with E-state index in [1.165, 1.54) is 28.3 Å². The topological polar surface area (TPSA) is 141 Å². The number of aromatic carboxylic acids is 1. The number of carboxylic acids is 1. The second-order valence-corrected chi connectivity index (χ2v) is 4.07. The Morgan fingerprint density at radius 3 is 2.64 bits per heavy atom. The first kappa shape index (κ1) is 15.3. The van der Waals surface area contributed by atoms with Crippen LogP contribution in [0.2, 0.25) is 0 Å². The number of hydrogen-bond donors (Lipinski definition) is 1. The van der Waals surface area contributed by atoms with Crippen molar-refractivity contribution in [2.45, 2.75) is 0 Å². The molecule has 22 heavy (non-hydrogen) atoms. The van der Waals surface area contributed by atoms with Gasteiger partial charge in [0.1, 0.15) is 6.20 Å². The molecule has 0 aliphatic heterocycles. The molecule has 0 saturated heterocycles. The molecule has 12 heteroatoms. The van der Waals surface area contributed by atoms with E-state index in [2.05, 4.69) is 20.3 Å². The Hall–Kier alpha value is -3.08. The second kappa shape index (κ2) is 5.37. The SMILES string of the molecule is Cl.Cn1c([N+](=O)[O-])cnc1-c1nnc2ccc(C(=O)O)nn12. The van der Waals surface area contributed by atoms with Crippen molar-refractivity contribution >= 4 is 29.8 Å². The monoisotopic (exact) mass is 325 g/mol. The largest absolute Gasteiger partial charge is 0.476 e. The minimum atomic E-state index is -1.21. The van der Waals surface area contributed by atoms with Crippen molar-refractivity contribution in [2.75, 3.05) is 0 Å². The number of nitro groups is 1. The van der Waals surface area contributed by atoms with Crippen LogP contribution in [0.25, 0.3) is 17.3 Å². The zero-order valence-electron chi connectivity index (χ0n) is 10.9. The Balaban J connectivity index is 0.00000176. The Labute approximate surface area is 127 Å². The summed E-state index contributed by atoms with van der Waals surface area (Å²) in [4.78, 5) is 25.1. The van der Waals surface area contributed by atoms with Crippen LogP contribution in [0.15, 0.2) is 18.3 Å². The lowest BCUT2D eigenvalue weighted by molar-refractivity contribution is -0.391. The summed E-state index contributed by atoms with van der Waals surface area (Å²) in [5, 5.41) is 31.3. The van der Waals surface area contributed by atoms with Gasteiger partial charge in [-0.3, -0.25) is 0 Å². The average molecular weight is 326 g/mol. The van der Waals surface area contributed by atoms with Crippen molar-refractivity contribution < 1.29 is 14.8 Å². The minimum absolute atomic E-state index is 0. The maximum atomic E-state index is 10.9. The summed E-state index contributed by atoms with van der Waals surface area (Å²) in [6.45, 7) is 0. The molecule has 3 heterocycles. The zero-order chi connectivity index (χ0) is 15.1. The first-order valence-corrected chi connectivity index (χ1v) is 5.61. The molecule has 0 aliphatic rings. The minimum Gasteiger partial charge on any atom is -0.476 e. The van der Waals surface area contributed by atoms with E-state index in [0.29, 0.717) is 5.65 Å². The molecular formula is C10H8ClN7O4. The van der Waals surface area contributed by atoms with Gasteiger partial charge in [0.2, 0.25) is 5.82 Å². The lowest BCUT2D eigenvalue weighted by atomic mass is 10.4. The van der Waals surface area contributed by atoms with E-state index < -0.39 is 10.9 Å². The summed E-state index contributed by atoms with van der Waals surface area (Å²) in [5.41, 5.74) is 0.105. The molecule has 0 aromatic carbocycles. The molecule has 0 fully saturated rings. The van der Waals surface area contributed by atoms with E-state index in [1.807, 2.05) is 0 Å². The van der Waals surface area contributed by atoms with Crippen LogP contribution in [0, 0.1) is 10.1 Å². The summed E-state index contributed by atoms with van der Waals surface area (Å²) in [6.07, 6.45) is 1.08. The van der Waals surface area contributed by atoms with Crippen molar-refractivity contribution in [3.63, 3.8) is 0 Å². The summed E-state index contributed by atoms with van der Waals surface area (Å²) in [5.74, 6) is -1.16. The van der Waals surface area contributed by atoms with Crippen LogP contribution >= 0.6 is 12.4 Å². The van der Waals surface area contributed by atoms with Gasteiger partial charge in [-0.2, -0.15) is 9.61 Å². The number of hydrogen-bond acceptors (Lipinski definition) is 7. The van der Waals surface area contributed by atoms with E-state index in [1.54, 1.807) is 0 Å². The third kappa shape index (κ3) is 2.22. The molecule has 1 N–H and O–H groups in total. The van der Waals surface area contributed by atoms with E-state index in [4.69, 9.17) is 5.11 Å². The van der Waals surface area contributed by atoms with Crippen LogP contribution in [0.1, 0.15) is 10.5 Å². The van der Waals surface area contributed by atoms with Crippen LogP contribution < -0.4 is 0 Å². The highest BCUT2D eigenvalue weighted by Crippen LogP contribution is 2.20. The van der Waals surface area contributed by atoms with Gasteiger partial charge in [-0.25, -0.2) is 14.3 Å². The van der Waals surface area contributed by atoms with Crippen LogP contribution in [0.3, 0.4) is 0 Å². The smallest absolute Gasteiger partial charge is 0.356 e. The lowest BCUT2D eigenvalue weighted by Gasteiger charge is -1.98. The van der Waals surface area contributed by atoms with Gasteiger partial charge < -0.3 is 15.2 Å². The van der Waals surface area contributed by atoms with Gasteiger partial charge >= 0.3 is 11.8 Å². The normalized spacial score (nSPS) is 10.4. The molecule has 0 saturated carbocycles. The molecule has 0 unspecified atom stereocenters. The maximum Gasteiger partial charge on any atom is 0.356 e. The molecule has 0 amide bonds. The third-order valence-corrected chi connectivity index (χ3v) is 2.83. The average Bonchev–Trinajstić information content (AvgIpc) is 3.01. The zero-order valence-corrected chi connectivity index (χ0v) is 11.8. The van der Waals surface area contributed by atoms with Gasteiger partial charge in [-0.05, 0) is 17.1 Å². The molecule has 3 rings (SSSR count). The number of aromatic nitrogens is 6. The van der Waals surface area contributed by atoms with Gasteiger partial charge in [0.15, 0.2) is 11.3 Å². The van der Waals surface area contributed by atoms with Gasteiger partial charge in [-0.15, -0.1) is 22.6 Å². The van der Waals surface area contributed by atoms with Crippen LogP contribution in [-0.4, -0.2) is 45.4 Å². The van der Waals surface area contributed by atoms with Crippen molar-refractivity contribution in [3.05, 3.63) is 34.1 Å². The first-order valence-electron chi connectivity index (χ1n) is 5.61. The predicted molar refractivity (Wildman–Crippen MR) is 73.8 cm³/mol. The van der Waals surface area contributed by atoms with Crippen LogP contribution in [0.4, 0.5) is 5.82 Å². The standard InChI is InChI=1S/C10H7N7O4.ClH/c1-15-7(17(20)21)4-11-8(15)9-13-12-6-3-2-5(10(18)19)14-16(6)9;/h2-4H,1H3,(H,18,19);1H. The number of rotatable bonds is 3. The van der Waals surface area contributed by atoms with E-state index in [-0.39, 0.29) is 35.6 Å². The number of halogens is 1. The Morgan fingerprint density at radius 2 is 2.05 bits per heavy atom. The van der Waals surface area contributed by atoms with Crippen LogP contribution in [0.5, 0.6) is 0 Å². The number of nitrogens with zero attached hydrogens (tertiary/aromatic N) is 7. The summed E-state index contributed by atoms with van der Waals surface area (Å²) in [7, 11) is 1.45. The summed E-state index contributed by atoms with van der Waals surface area (Å²) in [6, 6.07) is 2.72. The van der Waals surface area contributed by atoms with Crippen molar-refractivity contribution in [3.8, 4) is 11.6 Å². The fourth-order valence-corrected chi connectivity index (χ4v) is 1.82. The quantitative estimate of drug-likeness (QED) is 0.543. The second-order valence-electron chi connectivity index (χ2n) is 4.07. The number of carboxylic acid groups (broad SMARTS) is 1. The number of imidazole rings is 1. The molecule has 3 aromatic rings. The molecule has 0 atom stereocenters. The van der Waals surface area contributed by atoms with Crippen LogP contribution in [-0.2, 0) is 7.05 Å². The van der Waals surface area contributed by atoms with E-state index >= 15 is 0 Å². The van der Waals surface area contributed by atoms with Gasteiger partial charge in [0.25, 0.3) is 5.82 Å². The number of fused-ring (bicyclic) bond motifs is 1. The van der Waals surface area contributed by atoms with Crippen molar-refractivity contribution in [2.24, 2.45) is 7.05 Å². The molecule has 0 spiro atoms. The molecule has 0 radical (unpaired) electrons. The molecule has 3 aromatic heterocycles. The highest BCUT2D eigenvalue weighted by atomic mass is 35.5. The Bertz CT molecular complexity index is 887. The summed E-state index contributed by atoms with van der Waals surface area (Å²) < 4.78 is 2.39. The van der Waals surface area contributed by atoms with Crippen molar-refractivity contribution in [1.29, 1.82) is 0 Å². The maximum absolute atomic E-state index is 10.9. The highest BCUT2D eigenvalue weighted by molar-refractivity contribution is 5.85. The lowest BCUT2D eigenvalue weighted by Crippen LogP contribution is -2.07. The molecule has 0 bridgehead atoms. The third-order valence-electron chi connectivity index (χ3n) is 2.83. The number of carbonyl (C=O) groups is 1. The molecule has 11 nitrogen and oxygen atoms in total. The van der Waals surface area contributed by atoms with E-state index in [9.17, 15) is 14.9 Å². The molecule has 0 aliphatic carbocycles. The fraction of sp³-hybridized carbons (Fsp3) is 0.100. The van der Waals surface area contributed by atoms with Gasteiger partial charge in [0.05, 0.1) is 7.05 Å². The Kier molecular flexibility index (Phi) is 3.73. The Morgan fingerprint density at radius 1 is 1.32 bits per heavy atom. The fourth-order valence-electron chi connectivity index (χ4n) is 1.82. The summed E-state index contributed by atoms with van der Waals surface area (Å²) >= 11 is 0. The van der Waals surface area contributed by atoms with Gasteiger partial charge in [0, 0.05) is 0 Å². The highest BCUT2D eigenvalue weighted by Gasteiger charge is 2.23. The predicted octanol–water partition coefficient (Wildman–Crippen LogP) is 0.553. The molecular weight excluding hydrogens is 318 g/mol.